The van der Waals surface area contributed by atoms with Crippen molar-refractivity contribution >= 4 is 41.6 Å². The largest absolute Gasteiger partial charge is 0.493 e. The van der Waals surface area contributed by atoms with E-state index < -0.39 is 11.7 Å². The summed E-state index contributed by atoms with van der Waals surface area (Å²) in [7, 11) is 0. The van der Waals surface area contributed by atoms with E-state index in [0.29, 0.717) is 53.7 Å². The minimum atomic E-state index is -4.39. The summed E-state index contributed by atoms with van der Waals surface area (Å²) in [6, 6.07) is 18.3. The molecule has 4 atom stereocenters. The fraction of sp³-hybridized carbons (Fsp3) is 0.344. The van der Waals surface area contributed by atoms with Gasteiger partial charge in [-0.15, -0.1) is 24.0 Å². The first-order chi connectivity index (χ1) is 19.1. The molecule has 0 saturated carbocycles. The summed E-state index contributed by atoms with van der Waals surface area (Å²) < 4.78 is 50.7. The number of halogens is 4. The third kappa shape index (κ3) is 7.31. The molecule has 3 aromatic carbocycles. The maximum atomic E-state index is 13.2. The Kier molecular flexibility index (Phi) is 9.81. The maximum Gasteiger partial charge on any atom is 0.416 e. The van der Waals surface area contributed by atoms with Gasteiger partial charge < -0.3 is 20.5 Å². The lowest BCUT2D eigenvalue weighted by molar-refractivity contribution is -0.137. The molecule has 218 valence electrons. The molecule has 1 amide bonds. The number of amides is 1. The van der Waals surface area contributed by atoms with Gasteiger partial charge in [-0.3, -0.25) is 4.79 Å². The van der Waals surface area contributed by atoms with Gasteiger partial charge in [0.25, 0.3) is 5.91 Å². The van der Waals surface area contributed by atoms with Crippen LogP contribution in [0.4, 0.5) is 18.9 Å². The number of hydrogen-bond acceptors (Lipinski definition) is 4. The van der Waals surface area contributed by atoms with Crippen LogP contribution in [0.1, 0.15) is 37.0 Å². The Morgan fingerprint density at radius 1 is 1.00 bits per heavy atom. The molecule has 0 aliphatic carbocycles. The van der Waals surface area contributed by atoms with Gasteiger partial charge in [-0.2, -0.15) is 13.2 Å². The van der Waals surface area contributed by atoms with E-state index in [9.17, 15) is 18.0 Å². The second kappa shape index (κ2) is 13.0. The summed E-state index contributed by atoms with van der Waals surface area (Å²) >= 11 is 0. The van der Waals surface area contributed by atoms with Crippen LogP contribution in [0, 0.1) is 11.8 Å². The van der Waals surface area contributed by atoms with Gasteiger partial charge in [0.15, 0.2) is 0 Å². The molecular formula is C32H34F3IN2O3. The van der Waals surface area contributed by atoms with Gasteiger partial charge in [0.1, 0.15) is 5.75 Å². The minimum absolute atomic E-state index is 0. The highest BCUT2D eigenvalue weighted by Gasteiger charge is 2.33. The molecule has 0 aromatic heterocycles. The van der Waals surface area contributed by atoms with Crippen molar-refractivity contribution in [3.05, 3.63) is 89.0 Å². The zero-order chi connectivity index (χ0) is 28.4. The van der Waals surface area contributed by atoms with Crippen molar-refractivity contribution in [3.8, 4) is 16.9 Å². The number of fused-ring (bicyclic) bond motifs is 1. The van der Waals surface area contributed by atoms with Crippen LogP contribution in [-0.2, 0) is 22.1 Å². The van der Waals surface area contributed by atoms with Gasteiger partial charge in [0.05, 0.1) is 24.9 Å². The number of ether oxygens (including phenoxy) is 2. The quantitative estimate of drug-likeness (QED) is 0.277. The molecule has 2 aliphatic rings. The van der Waals surface area contributed by atoms with E-state index in [1.165, 1.54) is 12.1 Å². The van der Waals surface area contributed by atoms with Gasteiger partial charge in [0, 0.05) is 29.3 Å². The van der Waals surface area contributed by atoms with Crippen LogP contribution in [0.2, 0.25) is 0 Å². The molecule has 0 spiro atoms. The lowest BCUT2D eigenvalue weighted by Crippen LogP contribution is -2.49. The lowest BCUT2D eigenvalue weighted by atomic mass is 9.83. The number of rotatable bonds is 5. The number of alkyl halides is 3. The molecule has 3 N–H and O–H groups in total. The van der Waals surface area contributed by atoms with Crippen molar-refractivity contribution in [2.24, 2.45) is 17.6 Å². The Morgan fingerprint density at radius 2 is 1.68 bits per heavy atom. The van der Waals surface area contributed by atoms with Crippen LogP contribution in [0.15, 0.2) is 72.3 Å². The van der Waals surface area contributed by atoms with Gasteiger partial charge in [-0.1, -0.05) is 44.2 Å². The molecule has 2 heterocycles. The molecule has 5 nitrogen and oxygen atoms in total. The number of benzene rings is 3. The number of nitrogens with one attached hydrogen (secondary N) is 1. The molecule has 9 heteroatoms. The Morgan fingerprint density at radius 3 is 2.37 bits per heavy atom. The Bertz CT molecular complexity index is 1390. The summed E-state index contributed by atoms with van der Waals surface area (Å²) in [5, 5.41) is 2.97. The second-order valence-electron chi connectivity index (χ2n) is 10.7. The standard InChI is InChI=1S/C32H33F3N2O3.HI/c1-19-18-40-29(20(2)30(19)36)15-21-3-10-27(11-4-21)37-31(38)24-13-14-39-28-12-7-23(16-25(28)17-24)22-5-8-26(9-6-22)32(33,34)35;/h3-12,16-17,19-20,29-30H,13-15,18,36H2,1-2H3,(H,37,38);1H. The first-order valence-electron chi connectivity index (χ1n) is 13.5. The molecular weight excluding hydrogens is 644 g/mol. The zero-order valence-corrected chi connectivity index (χ0v) is 25.2. The van der Waals surface area contributed by atoms with Gasteiger partial charge >= 0.3 is 6.18 Å². The molecule has 1 fully saturated rings. The van der Waals surface area contributed by atoms with Crippen LogP contribution in [0.3, 0.4) is 0 Å². The van der Waals surface area contributed by atoms with Crippen LogP contribution < -0.4 is 15.8 Å². The summed E-state index contributed by atoms with van der Waals surface area (Å²) in [6.07, 6.45) is -1.36. The van der Waals surface area contributed by atoms with Crippen molar-refractivity contribution in [2.45, 2.75) is 45.0 Å². The van der Waals surface area contributed by atoms with Crippen LogP contribution in [0.25, 0.3) is 17.2 Å². The average molecular weight is 679 g/mol. The summed E-state index contributed by atoms with van der Waals surface area (Å²) in [5.74, 6) is 0.996. The fourth-order valence-corrected chi connectivity index (χ4v) is 5.25. The molecule has 41 heavy (non-hydrogen) atoms. The first kappa shape index (κ1) is 31.1. The number of carbonyl (C=O) groups excluding carboxylic acids is 1. The highest BCUT2D eigenvalue weighted by molar-refractivity contribution is 14.0. The first-order valence-corrected chi connectivity index (χ1v) is 13.5. The Balaban J connectivity index is 0.00000387. The summed E-state index contributed by atoms with van der Waals surface area (Å²) in [6.45, 7) is 5.25. The van der Waals surface area contributed by atoms with Gasteiger partial charge in [-0.05, 0) is 77.4 Å². The third-order valence-corrected chi connectivity index (χ3v) is 7.88. The summed E-state index contributed by atoms with van der Waals surface area (Å²) in [4.78, 5) is 13.2. The number of carbonyl (C=O) groups is 1. The lowest BCUT2D eigenvalue weighted by Gasteiger charge is -2.38. The molecule has 4 unspecified atom stereocenters. The third-order valence-electron chi connectivity index (χ3n) is 7.88. The predicted molar refractivity (Wildman–Crippen MR) is 165 cm³/mol. The zero-order valence-electron chi connectivity index (χ0n) is 22.9. The highest BCUT2D eigenvalue weighted by atomic mass is 127. The van der Waals surface area contributed by atoms with E-state index in [4.69, 9.17) is 15.2 Å². The van der Waals surface area contributed by atoms with Gasteiger partial charge in [0.2, 0.25) is 0 Å². The SMILES string of the molecule is CC1COC(Cc2ccc(NC(=O)C3=Cc4cc(-c5ccc(C(F)(F)F)cc5)ccc4OCC3)cc2)C(C)C1N.I. The van der Waals surface area contributed by atoms with Crippen molar-refractivity contribution in [2.75, 3.05) is 18.5 Å². The Hall–Kier alpha value is -2.89. The molecule has 2 aliphatic heterocycles. The molecule has 0 bridgehead atoms. The topological polar surface area (TPSA) is 73.6 Å². The predicted octanol–water partition coefficient (Wildman–Crippen LogP) is 7.34. The molecule has 1 saturated heterocycles. The minimum Gasteiger partial charge on any atom is -0.493 e. The van der Waals surface area contributed by atoms with Crippen molar-refractivity contribution < 1.29 is 27.4 Å². The molecule has 0 radical (unpaired) electrons. The summed E-state index contributed by atoms with van der Waals surface area (Å²) in [5.41, 5.74) is 10.1. The van der Waals surface area contributed by atoms with E-state index in [2.05, 4.69) is 19.2 Å². The fourth-order valence-electron chi connectivity index (χ4n) is 5.25. The van der Waals surface area contributed by atoms with Gasteiger partial charge in [-0.25, -0.2) is 0 Å². The number of nitrogens with two attached hydrogens (primary N) is 1. The van der Waals surface area contributed by atoms with E-state index in [-0.39, 0.29) is 47.9 Å². The normalized spacial score (nSPS) is 22.3. The van der Waals surface area contributed by atoms with E-state index in [0.717, 1.165) is 29.7 Å². The number of anilines is 1. The molecule has 5 rings (SSSR count). The van der Waals surface area contributed by atoms with Crippen LogP contribution >= 0.6 is 24.0 Å². The van der Waals surface area contributed by atoms with Crippen LogP contribution in [0.5, 0.6) is 5.75 Å². The Labute approximate surface area is 255 Å². The highest BCUT2D eigenvalue weighted by Crippen LogP contribution is 2.34. The van der Waals surface area contributed by atoms with E-state index in [1.807, 2.05) is 30.3 Å². The monoisotopic (exact) mass is 678 g/mol. The second-order valence-corrected chi connectivity index (χ2v) is 10.7. The van der Waals surface area contributed by atoms with Crippen molar-refractivity contribution in [1.29, 1.82) is 0 Å². The van der Waals surface area contributed by atoms with Crippen molar-refractivity contribution in [3.63, 3.8) is 0 Å². The van der Waals surface area contributed by atoms with Crippen molar-refractivity contribution in [1.82, 2.24) is 0 Å². The van der Waals surface area contributed by atoms with Crippen LogP contribution in [-0.4, -0.2) is 31.3 Å². The van der Waals surface area contributed by atoms with E-state index in [1.54, 1.807) is 18.2 Å². The average Bonchev–Trinajstić information content (AvgIpc) is 3.16. The number of hydrogen-bond donors (Lipinski definition) is 2. The maximum absolute atomic E-state index is 13.2. The smallest absolute Gasteiger partial charge is 0.416 e. The molecule has 3 aromatic rings. The van der Waals surface area contributed by atoms with E-state index >= 15 is 0 Å².